The third kappa shape index (κ3) is 1.84. The highest BCUT2D eigenvalue weighted by Crippen LogP contribution is 2.37. The number of rotatable bonds is 2. The van der Waals surface area contributed by atoms with Crippen molar-refractivity contribution in [2.24, 2.45) is 0 Å². The van der Waals surface area contributed by atoms with Crippen LogP contribution in [0, 0.1) is 10.7 Å². The van der Waals surface area contributed by atoms with Crippen LogP contribution in [-0.2, 0) is 4.79 Å². The number of hydrogen-bond acceptors (Lipinski definition) is 4. The van der Waals surface area contributed by atoms with E-state index < -0.39 is 4.87 Å². The second-order valence-corrected chi connectivity index (χ2v) is 5.02. The molecule has 1 heterocycles. The third-order valence-electron chi connectivity index (χ3n) is 2.48. The van der Waals surface area contributed by atoms with Crippen LogP contribution in [0.4, 0.5) is 5.69 Å². The van der Waals surface area contributed by atoms with Gasteiger partial charge < -0.3 is 0 Å². The minimum Gasteiger partial charge on any atom is -0.273 e. The number of nitrogens with zero attached hydrogens (tertiary/aromatic N) is 2. The first-order chi connectivity index (χ1) is 7.65. The van der Waals surface area contributed by atoms with Crippen LogP contribution in [0.1, 0.15) is 13.3 Å². The van der Waals surface area contributed by atoms with Gasteiger partial charge in [0, 0.05) is 0 Å². The topological polar surface area (TPSA) is 56.1 Å². The molecule has 16 heavy (non-hydrogen) atoms. The fraction of sp³-hybridized carbons (Fsp3) is 0.273. The molecule has 0 radical (unpaired) electrons. The Hall–Kier alpha value is -1.67. The molecule has 0 bridgehead atoms. The molecular formula is C11H11N3OS. The molecule has 1 aromatic carbocycles. The minimum atomic E-state index is -0.535. The molecular weight excluding hydrogens is 222 g/mol. The molecule has 1 N–H and O–H groups in total. The van der Waals surface area contributed by atoms with Gasteiger partial charge >= 0.3 is 0 Å². The van der Waals surface area contributed by atoms with Crippen molar-refractivity contribution >= 4 is 23.4 Å². The molecule has 2 rings (SSSR count). The van der Waals surface area contributed by atoms with Gasteiger partial charge in [0.15, 0.2) is 0 Å². The number of nitriles is 1. The Bertz CT molecular complexity index is 442. The smallest absolute Gasteiger partial charge is 0.241 e. The summed E-state index contributed by atoms with van der Waals surface area (Å²) in [6, 6.07) is 9.52. The molecule has 1 atom stereocenters. The Balaban J connectivity index is 2.33. The summed E-state index contributed by atoms with van der Waals surface area (Å²) in [5, 5.41) is 12.6. The molecule has 1 aliphatic rings. The number of nitrogens with one attached hydrogen (secondary N) is 1. The van der Waals surface area contributed by atoms with Gasteiger partial charge in [-0.15, -0.1) is 0 Å². The fourth-order valence-electron chi connectivity index (χ4n) is 1.75. The molecule has 82 valence electrons. The summed E-state index contributed by atoms with van der Waals surface area (Å²) in [6.07, 6.45) is 0.320. The van der Waals surface area contributed by atoms with E-state index in [1.54, 1.807) is 5.01 Å². The second-order valence-electron chi connectivity index (χ2n) is 3.75. The number of thioether (sulfide) groups is 1. The van der Waals surface area contributed by atoms with Crippen molar-refractivity contribution < 1.29 is 4.79 Å². The summed E-state index contributed by atoms with van der Waals surface area (Å²) < 4.78 is 0. The summed E-state index contributed by atoms with van der Waals surface area (Å²) in [5.74, 6) is -0.0610. The van der Waals surface area contributed by atoms with Crippen molar-refractivity contribution in [3.05, 3.63) is 30.3 Å². The molecule has 1 fully saturated rings. The summed E-state index contributed by atoms with van der Waals surface area (Å²) in [5.41, 5.74) is 3.66. The van der Waals surface area contributed by atoms with E-state index in [4.69, 9.17) is 5.26 Å². The number of thiocyanates is 1. The average Bonchev–Trinajstić information content (AvgIpc) is 2.56. The Morgan fingerprint density at radius 3 is 2.81 bits per heavy atom. The number of carbonyl (C=O) groups is 1. The van der Waals surface area contributed by atoms with Gasteiger partial charge in [0.05, 0.1) is 12.1 Å². The average molecular weight is 233 g/mol. The van der Waals surface area contributed by atoms with E-state index in [9.17, 15) is 4.79 Å². The normalized spacial score (nSPS) is 24.0. The molecule has 4 nitrogen and oxygen atoms in total. The molecule has 1 unspecified atom stereocenters. The maximum Gasteiger partial charge on any atom is 0.241 e. The first-order valence-electron chi connectivity index (χ1n) is 4.87. The van der Waals surface area contributed by atoms with E-state index in [0.717, 1.165) is 17.4 Å². The standard InChI is InChI=1S/C11H11N3OS/c1-11(16-8-12)7-10(15)13-14(11)9-5-3-2-4-6-9/h2-6H,7H2,1H3,(H,13,15). The first-order valence-corrected chi connectivity index (χ1v) is 5.69. The van der Waals surface area contributed by atoms with E-state index in [0.29, 0.717) is 6.42 Å². The molecule has 0 spiro atoms. The largest absolute Gasteiger partial charge is 0.273 e. The van der Waals surface area contributed by atoms with E-state index in [-0.39, 0.29) is 5.91 Å². The van der Waals surface area contributed by atoms with Crippen molar-refractivity contribution in [2.45, 2.75) is 18.2 Å². The van der Waals surface area contributed by atoms with Gasteiger partial charge in [-0.2, -0.15) is 5.26 Å². The maximum atomic E-state index is 11.4. The fourth-order valence-corrected chi connectivity index (χ4v) is 2.40. The number of para-hydroxylation sites is 1. The van der Waals surface area contributed by atoms with E-state index in [2.05, 4.69) is 10.8 Å². The lowest BCUT2D eigenvalue weighted by molar-refractivity contribution is -0.119. The molecule has 5 heteroatoms. The van der Waals surface area contributed by atoms with Crippen LogP contribution in [0.2, 0.25) is 0 Å². The van der Waals surface area contributed by atoms with Gasteiger partial charge in [-0.25, -0.2) is 0 Å². The van der Waals surface area contributed by atoms with Gasteiger partial charge in [-0.1, -0.05) is 18.2 Å². The van der Waals surface area contributed by atoms with Crippen LogP contribution in [-0.4, -0.2) is 10.8 Å². The van der Waals surface area contributed by atoms with Gasteiger partial charge in [-0.05, 0) is 30.8 Å². The van der Waals surface area contributed by atoms with Crippen molar-refractivity contribution in [2.75, 3.05) is 5.01 Å². The zero-order chi connectivity index (χ0) is 11.6. The van der Waals surface area contributed by atoms with Crippen LogP contribution in [0.5, 0.6) is 0 Å². The predicted octanol–water partition coefficient (Wildman–Crippen LogP) is 1.86. The molecule has 0 aliphatic carbocycles. The molecule has 0 saturated carbocycles. The van der Waals surface area contributed by atoms with Gasteiger partial charge in [0.25, 0.3) is 0 Å². The van der Waals surface area contributed by atoms with E-state index in [1.165, 1.54) is 0 Å². The Morgan fingerprint density at radius 2 is 2.19 bits per heavy atom. The zero-order valence-electron chi connectivity index (χ0n) is 8.80. The molecule has 1 aromatic rings. The first kappa shape index (κ1) is 10.8. The number of anilines is 1. The van der Waals surface area contributed by atoms with Crippen molar-refractivity contribution in [1.82, 2.24) is 5.43 Å². The number of benzene rings is 1. The zero-order valence-corrected chi connectivity index (χ0v) is 9.62. The summed E-state index contributed by atoms with van der Waals surface area (Å²) in [4.78, 5) is 10.9. The SMILES string of the molecule is CC1(SC#N)CC(=O)NN1c1ccccc1. The summed E-state index contributed by atoms with van der Waals surface area (Å²) >= 11 is 1.10. The molecule has 1 aliphatic heterocycles. The van der Waals surface area contributed by atoms with Gasteiger partial charge in [0.1, 0.15) is 10.3 Å². The molecule has 1 amide bonds. The predicted molar refractivity (Wildman–Crippen MR) is 63.3 cm³/mol. The lowest BCUT2D eigenvalue weighted by Crippen LogP contribution is -2.44. The number of hydrazine groups is 1. The van der Waals surface area contributed by atoms with Crippen LogP contribution in [0.25, 0.3) is 0 Å². The lowest BCUT2D eigenvalue weighted by atomic mass is 10.2. The van der Waals surface area contributed by atoms with Gasteiger partial charge in [0.2, 0.25) is 5.91 Å². The van der Waals surface area contributed by atoms with E-state index >= 15 is 0 Å². The summed E-state index contributed by atoms with van der Waals surface area (Å²) in [7, 11) is 0. The Morgan fingerprint density at radius 1 is 1.50 bits per heavy atom. The minimum absolute atomic E-state index is 0.0610. The monoisotopic (exact) mass is 233 g/mol. The highest BCUT2D eigenvalue weighted by molar-refractivity contribution is 8.05. The van der Waals surface area contributed by atoms with Crippen molar-refractivity contribution in [3.8, 4) is 5.40 Å². The van der Waals surface area contributed by atoms with Crippen LogP contribution < -0.4 is 10.4 Å². The van der Waals surface area contributed by atoms with Crippen LogP contribution >= 0.6 is 11.8 Å². The number of carbonyl (C=O) groups excluding carboxylic acids is 1. The van der Waals surface area contributed by atoms with Gasteiger partial charge in [-0.3, -0.25) is 15.2 Å². The quantitative estimate of drug-likeness (QED) is 0.792. The molecule has 0 aromatic heterocycles. The third-order valence-corrected chi connectivity index (χ3v) is 3.34. The number of hydrogen-bond donors (Lipinski definition) is 1. The summed E-state index contributed by atoms with van der Waals surface area (Å²) in [6.45, 7) is 1.88. The number of amides is 1. The van der Waals surface area contributed by atoms with Crippen LogP contribution in [0.15, 0.2) is 30.3 Å². The van der Waals surface area contributed by atoms with Crippen molar-refractivity contribution in [3.63, 3.8) is 0 Å². The van der Waals surface area contributed by atoms with Crippen LogP contribution in [0.3, 0.4) is 0 Å². The Labute approximate surface area is 98.2 Å². The molecule has 1 saturated heterocycles. The Kier molecular flexibility index (Phi) is 2.75. The maximum absolute atomic E-state index is 11.4. The highest BCUT2D eigenvalue weighted by atomic mass is 32.2. The van der Waals surface area contributed by atoms with Crippen molar-refractivity contribution in [1.29, 1.82) is 5.26 Å². The second kappa shape index (κ2) is 4.06. The highest BCUT2D eigenvalue weighted by Gasteiger charge is 2.42. The lowest BCUT2D eigenvalue weighted by Gasteiger charge is -2.31. The van der Waals surface area contributed by atoms with E-state index in [1.807, 2.05) is 37.3 Å².